The van der Waals surface area contributed by atoms with E-state index in [0.29, 0.717) is 21.6 Å². The summed E-state index contributed by atoms with van der Waals surface area (Å²) in [6.45, 7) is 5.75. The minimum atomic E-state index is 0.530. The van der Waals surface area contributed by atoms with Crippen molar-refractivity contribution in [1.29, 1.82) is 0 Å². The summed E-state index contributed by atoms with van der Waals surface area (Å²) < 4.78 is 1.83. The molecule has 0 bridgehead atoms. The number of hydrogen-bond donors (Lipinski definition) is 1. The molecule has 0 aromatic carbocycles. The fraction of sp³-hybridized carbons (Fsp3) is 0.385. The van der Waals surface area contributed by atoms with Gasteiger partial charge in [0.15, 0.2) is 0 Å². The summed E-state index contributed by atoms with van der Waals surface area (Å²) in [5, 5.41) is 8.49. The molecule has 6 heteroatoms. The fourth-order valence-electron chi connectivity index (χ4n) is 1.70. The molecular formula is C13H16Cl2N4. The summed E-state index contributed by atoms with van der Waals surface area (Å²) in [7, 11) is 0. The number of pyridine rings is 1. The molecular weight excluding hydrogens is 283 g/mol. The second kappa shape index (κ2) is 6.26. The van der Waals surface area contributed by atoms with E-state index in [-0.39, 0.29) is 0 Å². The molecule has 0 unspecified atom stereocenters. The topological polar surface area (TPSA) is 42.7 Å². The molecule has 2 aromatic rings. The standard InChI is InChI=1S/C13H16Cl2N4/c1-3-5-16-13-11(15)6-10(14)12(18-13)9-7-17-19(4-2)8-9/h6-8H,3-5H2,1-2H3,(H,16,18). The third-order valence-corrected chi connectivity index (χ3v) is 3.28. The van der Waals surface area contributed by atoms with E-state index in [2.05, 4.69) is 22.3 Å². The van der Waals surface area contributed by atoms with Crippen LogP contribution >= 0.6 is 23.2 Å². The number of nitrogens with zero attached hydrogens (tertiary/aromatic N) is 3. The zero-order valence-electron chi connectivity index (χ0n) is 11.0. The fourth-order valence-corrected chi connectivity index (χ4v) is 2.23. The Labute approximate surface area is 122 Å². The largest absolute Gasteiger partial charge is 0.369 e. The molecule has 4 nitrogen and oxygen atoms in total. The van der Waals surface area contributed by atoms with E-state index in [9.17, 15) is 0 Å². The van der Waals surface area contributed by atoms with Crippen LogP contribution in [0.3, 0.4) is 0 Å². The minimum absolute atomic E-state index is 0.530. The Morgan fingerprint density at radius 1 is 1.26 bits per heavy atom. The molecule has 0 aliphatic rings. The highest BCUT2D eigenvalue weighted by Crippen LogP contribution is 2.32. The molecule has 0 amide bonds. The SMILES string of the molecule is CCCNc1nc(-c2cnn(CC)c2)c(Cl)cc1Cl. The van der Waals surface area contributed by atoms with Gasteiger partial charge in [0.25, 0.3) is 0 Å². The second-order valence-electron chi connectivity index (χ2n) is 4.16. The number of aromatic nitrogens is 3. The van der Waals surface area contributed by atoms with E-state index < -0.39 is 0 Å². The molecule has 0 spiro atoms. The van der Waals surface area contributed by atoms with Crippen molar-refractivity contribution >= 4 is 29.0 Å². The van der Waals surface area contributed by atoms with Crippen LogP contribution < -0.4 is 5.32 Å². The van der Waals surface area contributed by atoms with Crippen LogP contribution in [0.25, 0.3) is 11.3 Å². The molecule has 2 rings (SSSR count). The Morgan fingerprint density at radius 3 is 2.68 bits per heavy atom. The van der Waals surface area contributed by atoms with E-state index in [1.807, 2.05) is 17.8 Å². The Balaban J connectivity index is 2.38. The van der Waals surface area contributed by atoms with Crippen molar-refractivity contribution in [3.05, 3.63) is 28.5 Å². The second-order valence-corrected chi connectivity index (χ2v) is 4.98. The first kappa shape index (κ1) is 14.2. The molecule has 102 valence electrons. The first-order valence-electron chi connectivity index (χ1n) is 6.28. The van der Waals surface area contributed by atoms with Crippen molar-refractivity contribution < 1.29 is 0 Å². The number of aryl methyl sites for hydroxylation is 1. The first-order valence-corrected chi connectivity index (χ1v) is 7.04. The number of nitrogens with one attached hydrogen (secondary N) is 1. The van der Waals surface area contributed by atoms with Crippen LogP contribution in [0.1, 0.15) is 20.3 Å². The van der Waals surface area contributed by atoms with Crippen LogP contribution in [0, 0.1) is 0 Å². The van der Waals surface area contributed by atoms with Crippen LogP contribution in [-0.4, -0.2) is 21.3 Å². The average molecular weight is 299 g/mol. The summed E-state index contributed by atoms with van der Waals surface area (Å²) >= 11 is 12.3. The lowest BCUT2D eigenvalue weighted by Gasteiger charge is -2.09. The molecule has 1 N–H and O–H groups in total. The Morgan fingerprint density at radius 2 is 2.05 bits per heavy atom. The predicted molar refractivity (Wildman–Crippen MR) is 79.9 cm³/mol. The zero-order valence-corrected chi connectivity index (χ0v) is 12.5. The van der Waals surface area contributed by atoms with Crippen molar-refractivity contribution in [3.63, 3.8) is 0 Å². The molecule has 0 aliphatic carbocycles. The number of hydrogen-bond acceptors (Lipinski definition) is 3. The molecule has 2 aromatic heterocycles. The summed E-state index contributed by atoms with van der Waals surface area (Å²) in [5.41, 5.74) is 1.59. The number of halogens is 2. The maximum Gasteiger partial charge on any atom is 0.145 e. The van der Waals surface area contributed by atoms with Crippen LogP contribution in [0.2, 0.25) is 10.0 Å². The van der Waals surface area contributed by atoms with Crippen LogP contribution in [0.4, 0.5) is 5.82 Å². The highest BCUT2D eigenvalue weighted by Gasteiger charge is 2.12. The molecule has 19 heavy (non-hydrogen) atoms. The first-order chi connectivity index (χ1) is 9.15. The predicted octanol–water partition coefficient (Wildman–Crippen LogP) is 4.09. The van der Waals surface area contributed by atoms with E-state index in [1.165, 1.54) is 0 Å². The molecule has 0 aliphatic heterocycles. The van der Waals surface area contributed by atoms with Crippen LogP contribution in [0.15, 0.2) is 18.5 Å². The zero-order chi connectivity index (χ0) is 13.8. The summed E-state index contributed by atoms with van der Waals surface area (Å²) in [6, 6.07) is 1.72. The molecule has 0 fully saturated rings. The van der Waals surface area contributed by atoms with Gasteiger partial charge < -0.3 is 5.32 Å². The van der Waals surface area contributed by atoms with Crippen LogP contribution in [-0.2, 0) is 6.54 Å². The van der Waals surface area contributed by atoms with E-state index >= 15 is 0 Å². The van der Waals surface area contributed by atoms with Gasteiger partial charge in [-0.25, -0.2) is 4.98 Å². The number of anilines is 1. The highest BCUT2D eigenvalue weighted by atomic mass is 35.5. The van der Waals surface area contributed by atoms with Crippen molar-refractivity contribution in [2.24, 2.45) is 0 Å². The summed E-state index contributed by atoms with van der Waals surface area (Å²) in [6.07, 6.45) is 4.69. The van der Waals surface area contributed by atoms with Gasteiger partial charge in [-0.1, -0.05) is 30.1 Å². The van der Waals surface area contributed by atoms with E-state index in [1.54, 1.807) is 12.3 Å². The summed E-state index contributed by atoms with van der Waals surface area (Å²) in [5.74, 6) is 0.659. The smallest absolute Gasteiger partial charge is 0.145 e. The average Bonchev–Trinajstić information content (AvgIpc) is 2.86. The molecule has 0 radical (unpaired) electrons. The van der Waals surface area contributed by atoms with Gasteiger partial charge in [0.1, 0.15) is 5.82 Å². The Bertz CT molecular complexity index is 566. The maximum absolute atomic E-state index is 6.21. The van der Waals surface area contributed by atoms with E-state index in [4.69, 9.17) is 23.2 Å². The van der Waals surface area contributed by atoms with Gasteiger partial charge in [0.2, 0.25) is 0 Å². The van der Waals surface area contributed by atoms with Gasteiger partial charge in [-0.05, 0) is 19.4 Å². The third kappa shape index (κ3) is 3.19. The van der Waals surface area contributed by atoms with Crippen molar-refractivity contribution in [2.45, 2.75) is 26.8 Å². The lowest BCUT2D eigenvalue weighted by Crippen LogP contribution is -2.03. The molecule has 0 atom stereocenters. The molecule has 2 heterocycles. The Hall–Kier alpha value is -1.26. The normalized spacial score (nSPS) is 10.7. The lowest BCUT2D eigenvalue weighted by atomic mass is 10.2. The van der Waals surface area contributed by atoms with Crippen molar-refractivity contribution in [2.75, 3.05) is 11.9 Å². The molecule has 0 saturated heterocycles. The number of rotatable bonds is 5. The quantitative estimate of drug-likeness (QED) is 0.904. The monoisotopic (exact) mass is 298 g/mol. The highest BCUT2D eigenvalue weighted by molar-refractivity contribution is 6.37. The van der Waals surface area contributed by atoms with Crippen molar-refractivity contribution in [1.82, 2.24) is 14.8 Å². The van der Waals surface area contributed by atoms with Gasteiger partial charge in [-0.15, -0.1) is 0 Å². The van der Waals surface area contributed by atoms with Crippen molar-refractivity contribution in [3.8, 4) is 11.3 Å². The van der Waals surface area contributed by atoms with Crippen LogP contribution in [0.5, 0.6) is 0 Å². The van der Waals surface area contributed by atoms with Gasteiger partial charge in [0.05, 0.1) is 21.9 Å². The van der Waals surface area contributed by atoms with Gasteiger partial charge in [-0.2, -0.15) is 5.10 Å². The minimum Gasteiger partial charge on any atom is -0.369 e. The van der Waals surface area contributed by atoms with Gasteiger partial charge in [-0.3, -0.25) is 4.68 Å². The Kier molecular flexibility index (Phi) is 4.66. The summed E-state index contributed by atoms with van der Waals surface area (Å²) in [4.78, 5) is 4.50. The lowest BCUT2D eigenvalue weighted by molar-refractivity contribution is 0.660. The van der Waals surface area contributed by atoms with E-state index in [0.717, 1.165) is 25.1 Å². The van der Waals surface area contributed by atoms with Gasteiger partial charge >= 0.3 is 0 Å². The van der Waals surface area contributed by atoms with Gasteiger partial charge in [0, 0.05) is 24.8 Å². The maximum atomic E-state index is 6.21. The molecule has 0 saturated carbocycles. The third-order valence-electron chi connectivity index (χ3n) is 2.70.